The predicted molar refractivity (Wildman–Crippen MR) is 99.8 cm³/mol. The van der Waals surface area contributed by atoms with Crippen LogP contribution in [-0.4, -0.2) is 33.1 Å². The van der Waals surface area contributed by atoms with Gasteiger partial charge in [0.05, 0.1) is 24.4 Å². The number of aromatic nitrogens is 2. The number of aliphatic hydroxyl groups excluding tert-OH is 1. The van der Waals surface area contributed by atoms with Crippen molar-refractivity contribution < 1.29 is 9.90 Å². The summed E-state index contributed by atoms with van der Waals surface area (Å²) in [5, 5.41) is 19.8. The van der Waals surface area contributed by atoms with Crippen molar-refractivity contribution in [3.8, 4) is 0 Å². The fourth-order valence-corrected chi connectivity index (χ4v) is 2.85. The minimum Gasteiger partial charge on any atom is -0.394 e. The summed E-state index contributed by atoms with van der Waals surface area (Å²) in [5.74, 6) is 0. The van der Waals surface area contributed by atoms with Crippen LogP contribution in [-0.2, 0) is 6.54 Å². The number of amides is 2. The molecule has 2 aromatic rings. The topological polar surface area (TPSA) is 79.2 Å². The van der Waals surface area contributed by atoms with Gasteiger partial charge in [-0.15, -0.1) is 0 Å². The second-order valence-corrected chi connectivity index (χ2v) is 6.51. The number of hydrogen-bond donors (Lipinski definition) is 3. The molecule has 0 saturated carbocycles. The third-order valence-corrected chi connectivity index (χ3v) is 4.66. The van der Waals surface area contributed by atoms with Gasteiger partial charge in [0.15, 0.2) is 0 Å². The second-order valence-electron chi connectivity index (χ2n) is 6.51. The Hall–Kier alpha value is -2.34. The lowest BCUT2D eigenvalue weighted by Gasteiger charge is -2.30. The van der Waals surface area contributed by atoms with Gasteiger partial charge in [0.1, 0.15) is 0 Å². The number of rotatable bonds is 7. The van der Waals surface area contributed by atoms with Crippen molar-refractivity contribution in [1.82, 2.24) is 15.1 Å². The molecular formula is C19H28N4O2. The van der Waals surface area contributed by atoms with E-state index in [1.165, 1.54) is 0 Å². The quantitative estimate of drug-likeness (QED) is 0.721. The zero-order valence-corrected chi connectivity index (χ0v) is 15.5. The van der Waals surface area contributed by atoms with E-state index in [9.17, 15) is 9.90 Å². The molecule has 1 aromatic heterocycles. The largest absolute Gasteiger partial charge is 0.394 e. The Balaban J connectivity index is 2.06. The third kappa shape index (κ3) is 4.82. The van der Waals surface area contributed by atoms with Crippen molar-refractivity contribution in [2.45, 2.75) is 52.6 Å². The van der Waals surface area contributed by atoms with Gasteiger partial charge in [-0.3, -0.25) is 4.68 Å². The molecule has 6 nitrogen and oxygen atoms in total. The van der Waals surface area contributed by atoms with Gasteiger partial charge in [0, 0.05) is 11.4 Å². The van der Waals surface area contributed by atoms with Crippen LogP contribution in [0.1, 0.15) is 43.6 Å². The molecule has 25 heavy (non-hydrogen) atoms. The van der Waals surface area contributed by atoms with Crippen LogP contribution in [0.15, 0.2) is 30.3 Å². The average molecular weight is 344 g/mol. The van der Waals surface area contributed by atoms with Gasteiger partial charge in [-0.1, -0.05) is 26.0 Å². The van der Waals surface area contributed by atoms with Crippen LogP contribution in [0.3, 0.4) is 0 Å². The maximum Gasteiger partial charge on any atom is 0.319 e. The van der Waals surface area contributed by atoms with Gasteiger partial charge in [-0.05, 0) is 50.5 Å². The van der Waals surface area contributed by atoms with Crippen molar-refractivity contribution >= 4 is 11.7 Å². The minimum absolute atomic E-state index is 0.0780. The molecule has 0 bridgehead atoms. The molecular weight excluding hydrogens is 316 g/mol. The monoisotopic (exact) mass is 344 g/mol. The lowest BCUT2D eigenvalue weighted by molar-refractivity contribution is 0.155. The Labute approximate surface area is 149 Å². The first-order chi connectivity index (χ1) is 11.9. The van der Waals surface area contributed by atoms with Crippen LogP contribution in [0, 0.1) is 13.8 Å². The molecule has 2 rings (SSSR count). The number of anilines is 1. The van der Waals surface area contributed by atoms with Gasteiger partial charge < -0.3 is 15.7 Å². The van der Waals surface area contributed by atoms with E-state index in [0.717, 1.165) is 22.6 Å². The highest BCUT2D eigenvalue weighted by Crippen LogP contribution is 2.16. The number of nitrogens with zero attached hydrogens (tertiary/aromatic N) is 2. The molecule has 2 amide bonds. The molecule has 1 heterocycles. The highest BCUT2D eigenvalue weighted by Gasteiger charge is 2.27. The Morgan fingerprint density at radius 1 is 1.24 bits per heavy atom. The summed E-state index contributed by atoms with van der Waals surface area (Å²) in [6.07, 6.45) is 1.34. The van der Waals surface area contributed by atoms with E-state index in [0.29, 0.717) is 19.4 Å². The van der Waals surface area contributed by atoms with Crippen LogP contribution < -0.4 is 10.6 Å². The number of nitrogens with one attached hydrogen (secondary N) is 2. The van der Waals surface area contributed by atoms with Gasteiger partial charge in [0.2, 0.25) is 0 Å². The van der Waals surface area contributed by atoms with Crippen LogP contribution in [0.25, 0.3) is 0 Å². The highest BCUT2D eigenvalue weighted by atomic mass is 16.3. The third-order valence-electron chi connectivity index (χ3n) is 4.66. The fraction of sp³-hybridized carbons (Fsp3) is 0.474. The number of aryl methyl sites for hydroxylation is 2. The molecule has 0 unspecified atom stereocenters. The van der Waals surface area contributed by atoms with E-state index < -0.39 is 5.54 Å². The van der Waals surface area contributed by atoms with E-state index in [2.05, 4.69) is 15.7 Å². The van der Waals surface area contributed by atoms with Crippen LogP contribution in [0.4, 0.5) is 10.5 Å². The van der Waals surface area contributed by atoms with Gasteiger partial charge >= 0.3 is 6.03 Å². The summed E-state index contributed by atoms with van der Waals surface area (Å²) in [5.41, 5.74) is 3.29. The van der Waals surface area contributed by atoms with E-state index in [4.69, 9.17) is 0 Å². The van der Waals surface area contributed by atoms with Crippen molar-refractivity contribution in [2.75, 3.05) is 11.9 Å². The van der Waals surface area contributed by atoms with Crippen molar-refractivity contribution in [3.05, 3.63) is 47.3 Å². The molecule has 3 N–H and O–H groups in total. The highest BCUT2D eigenvalue weighted by molar-refractivity contribution is 5.89. The molecule has 0 atom stereocenters. The molecule has 0 radical (unpaired) electrons. The van der Waals surface area contributed by atoms with Gasteiger partial charge in [0.25, 0.3) is 0 Å². The number of hydrogen-bond acceptors (Lipinski definition) is 3. The first kappa shape index (κ1) is 19.0. The maximum absolute atomic E-state index is 12.3. The van der Waals surface area contributed by atoms with E-state index in [1.54, 1.807) is 0 Å². The number of carbonyl (C=O) groups is 1. The first-order valence-corrected chi connectivity index (χ1v) is 8.71. The summed E-state index contributed by atoms with van der Waals surface area (Å²) in [4.78, 5) is 12.3. The van der Waals surface area contributed by atoms with Crippen molar-refractivity contribution in [3.63, 3.8) is 0 Å². The molecule has 6 heteroatoms. The normalized spacial score (nSPS) is 11.4. The average Bonchev–Trinajstić information content (AvgIpc) is 2.90. The van der Waals surface area contributed by atoms with Gasteiger partial charge in [-0.2, -0.15) is 5.10 Å². The number of carbonyl (C=O) groups excluding carboxylic acids is 1. The van der Waals surface area contributed by atoms with Crippen molar-refractivity contribution in [1.29, 1.82) is 0 Å². The Kier molecular flexibility index (Phi) is 6.20. The molecule has 0 aliphatic carbocycles. The summed E-state index contributed by atoms with van der Waals surface area (Å²) in [6, 6.07) is 9.45. The smallest absolute Gasteiger partial charge is 0.319 e. The Bertz CT molecular complexity index is 712. The zero-order valence-electron chi connectivity index (χ0n) is 15.5. The second kappa shape index (κ2) is 8.16. The van der Waals surface area contributed by atoms with Crippen LogP contribution >= 0.6 is 0 Å². The summed E-state index contributed by atoms with van der Waals surface area (Å²) >= 11 is 0. The summed E-state index contributed by atoms with van der Waals surface area (Å²) in [6.45, 7) is 8.48. The Morgan fingerprint density at radius 3 is 2.52 bits per heavy atom. The van der Waals surface area contributed by atoms with Gasteiger partial charge in [-0.25, -0.2) is 4.79 Å². The van der Waals surface area contributed by atoms with E-state index in [1.807, 2.05) is 62.7 Å². The van der Waals surface area contributed by atoms with Crippen LogP contribution in [0.2, 0.25) is 0 Å². The lowest BCUT2D eigenvalue weighted by Crippen LogP contribution is -2.52. The standard InChI is InChI=1S/C19H28N4O2/c1-5-19(6-2,13-24)21-18(25)20-17-9-7-8-16(11-17)12-23-15(4)10-14(3)22-23/h7-11,24H,5-6,12-13H2,1-4H3,(H2,20,21,25). The zero-order chi connectivity index (χ0) is 18.4. The predicted octanol–water partition coefficient (Wildman–Crippen LogP) is 3.22. The van der Waals surface area contributed by atoms with Crippen LogP contribution in [0.5, 0.6) is 0 Å². The maximum atomic E-state index is 12.3. The number of benzene rings is 1. The summed E-state index contributed by atoms with van der Waals surface area (Å²) < 4.78 is 1.94. The Morgan fingerprint density at radius 2 is 1.96 bits per heavy atom. The molecule has 0 aliphatic heterocycles. The summed E-state index contributed by atoms with van der Waals surface area (Å²) in [7, 11) is 0. The molecule has 0 spiro atoms. The molecule has 136 valence electrons. The molecule has 1 aromatic carbocycles. The fourth-order valence-electron chi connectivity index (χ4n) is 2.85. The minimum atomic E-state index is -0.578. The number of urea groups is 1. The first-order valence-electron chi connectivity index (χ1n) is 8.71. The molecule has 0 fully saturated rings. The molecule has 0 aliphatic rings. The van der Waals surface area contributed by atoms with Crippen molar-refractivity contribution in [2.24, 2.45) is 0 Å². The number of aliphatic hydroxyl groups is 1. The van der Waals surface area contributed by atoms with E-state index >= 15 is 0 Å². The molecule has 0 saturated heterocycles. The SMILES string of the molecule is CCC(CC)(CO)NC(=O)Nc1cccc(Cn2nc(C)cc2C)c1. The van der Waals surface area contributed by atoms with E-state index in [-0.39, 0.29) is 12.6 Å². The lowest BCUT2D eigenvalue weighted by atomic mass is 9.94.